The first kappa shape index (κ1) is 26.1. The summed E-state index contributed by atoms with van der Waals surface area (Å²) in [5.41, 5.74) is 1.49. The highest BCUT2D eigenvalue weighted by Gasteiger charge is 2.39. The fourth-order valence-corrected chi connectivity index (χ4v) is 4.21. The van der Waals surface area contributed by atoms with Crippen molar-refractivity contribution in [1.82, 2.24) is 5.32 Å². The first-order valence-electron chi connectivity index (χ1n) is 12.1. The van der Waals surface area contributed by atoms with E-state index in [9.17, 15) is 23.9 Å². The first-order valence-corrected chi connectivity index (χ1v) is 12.1. The Balaban J connectivity index is 1.76. The van der Waals surface area contributed by atoms with Gasteiger partial charge in [0.15, 0.2) is 5.78 Å². The van der Waals surface area contributed by atoms with Gasteiger partial charge in [0.2, 0.25) is 5.91 Å². The molecule has 35 heavy (non-hydrogen) atoms. The number of Topliss-reactive ketones (excluding diaryl/α,β-unsaturated/α-hetero) is 1. The third-order valence-corrected chi connectivity index (χ3v) is 6.39. The van der Waals surface area contributed by atoms with Crippen LogP contribution in [0.3, 0.4) is 0 Å². The molecule has 6 heteroatoms. The maximum atomic E-state index is 13.5. The largest absolute Gasteiger partial charge is 0.481 e. The Kier molecular flexibility index (Phi) is 9.12. The third-order valence-electron chi connectivity index (χ3n) is 6.39. The first-order chi connectivity index (χ1) is 16.8. The minimum absolute atomic E-state index is 0.205. The van der Waals surface area contributed by atoms with Crippen molar-refractivity contribution < 1.29 is 23.9 Å². The van der Waals surface area contributed by atoms with Crippen LogP contribution in [0.4, 0.5) is 4.39 Å². The number of aliphatic carboxylic acids is 1. The molecule has 1 aliphatic rings. The molecule has 0 spiro atoms. The zero-order chi connectivity index (χ0) is 25.3. The van der Waals surface area contributed by atoms with E-state index in [0.29, 0.717) is 19.3 Å². The van der Waals surface area contributed by atoms with Crippen LogP contribution in [-0.2, 0) is 20.8 Å². The van der Waals surface area contributed by atoms with Gasteiger partial charge in [0, 0.05) is 19.3 Å². The van der Waals surface area contributed by atoms with Crippen molar-refractivity contribution >= 4 is 23.2 Å². The number of ketones is 1. The molecule has 2 aromatic rings. The number of aryl methyl sites for hydroxylation is 1. The van der Waals surface area contributed by atoms with E-state index >= 15 is 0 Å². The molecular weight excluding hydrogens is 445 g/mol. The number of amides is 1. The SMILES string of the molecule is CCCCC(=O)NC1(C(=O)CC(CCc2ccc(F)cc2)C(=O)O)C=CC(c2ccccc2)=CC1. The molecule has 1 amide bonds. The van der Waals surface area contributed by atoms with Gasteiger partial charge in [0.25, 0.3) is 0 Å². The molecule has 2 N–H and O–H groups in total. The van der Waals surface area contributed by atoms with Crippen LogP contribution in [-0.4, -0.2) is 28.3 Å². The number of carboxylic acid groups (broad SMARTS) is 1. The number of unbranched alkanes of at least 4 members (excludes halogenated alkanes) is 1. The summed E-state index contributed by atoms with van der Waals surface area (Å²) in [5.74, 6) is -2.88. The van der Waals surface area contributed by atoms with Crippen molar-refractivity contribution in [2.75, 3.05) is 0 Å². The van der Waals surface area contributed by atoms with Gasteiger partial charge in [-0.3, -0.25) is 14.4 Å². The third kappa shape index (κ3) is 7.22. The highest BCUT2D eigenvalue weighted by atomic mass is 19.1. The minimum atomic E-state index is -1.27. The lowest BCUT2D eigenvalue weighted by atomic mass is 9.79. The predicted molar refractivity (Wildman–Crippen MR) is 134 cm³/mol. The van der Waals surface area contributed by atoms with Gasteiger partial charge in [-0.15, -0.1) is 0 Å². The van der Waals surface area contributed by atoms with Gasteiger partial charge in [-0.2, -0.15) is 0 Å². The summed E-state index contributed by atoms with van der Waals surface area (Å²) in [5, 5.41) is 12.7. The lowest BCUT2D eigenvalue weighted by molar-refractivity contribution is -0.144. The number of hydrogen-bond acceptors (Lipinski definition) is 3. The van der Waals surface area contributed by atoms with Crippen molar-refractivity contribution in [3.8, 4) is 0 Å². The van der Waals surface area contributed by atoms with Crippen LogP contribution < -0.4 is 5.32 Å². The van der Waals surface area contributed by atoms with Crippen molar-refractivity contribution in [3.05, 3.63) is 89.8 Å². The van der Waals surface area contributed by atoms with Gasteiger partial charge < -0.3 is 10.4 Å². The fraction of sp³-hybridized carbons (Fsp3) is 0.345. The monoisotopic (exact) mass is 477 g/mol. The van der Waals surface area contributed by atoms with Crippen molar-refractivity contribution in [2.24, 2.45) is 5.92 Å². The number of carbonyl (C=O) groups excluding carboxylic acids is 2. The molecule has 0 saturated heterocycles. The molecule has 2 aromatic carbocycles. The summed E-state index contributed by atoms with van der Waals surface area (Å²) in [6.45, 7) is 1.99. The molecule has 2 unspecified atom stereocenters. The molecule has 184 valence electrons. The highest BCUT2D eigenvalue weighted by molar-refractivity contribution is 5.98. The molecule has 2 atom stereocenters. The van der Waals surface area contributed by atoms with E-state index in [1.807, 2.05) is 49.4 Å². The van der Waals surface area contributed by atoms with Crippen LogP contribution in [0, 0.1) is 11.7 Å². The minimum Gasteiger partial charge on any atom is -0.481 e. The molecule has 0 aromatic heterocycles. The van der Waals surface area contributed by atoms with Crippen LogP contribution in [0.25, 0.3) is 5.57 Å². The second-order valence-electron chi connectivity index (χ2n) is 9.01. The number of carboxylic acids is 1. The van der Waals surface area contributed by atoms with Crippen LogP contribution in [0.5, 0.6) is 0 Å². The fourth-order valence-electron chi connectivity index (χ4n) is 4.21. The van der Waals surface area contributed by atoms with Crippen LogP contribution in [0.15, 0.2) is 72.8 Å². The average Bonchev–Trinajstić information content (AvgIpc) is 2.87. The summed E-state index contributed by atoms with van der Waals surface area (Å²) in [6, 6.07) is 15.6. The standard InChI is InChI=1S/C29H32FNO4/c1-2-3-9-27(33)31-29(18-16-23(17-19-29)22-7-5-4-6-8-22)26(32)20-24(28(34)35)13-10-21-11-14-25(30)15-12-21/h4-8,11-12,14-18,24H,2-3,9-10,13,19-20H2,1H3,(H,31,33)(H,34,35). The Hall–Kier alpha value is -3.54. The van der Waals surface area contributed by atoms with Gasteiger partial charge in [-0.1, -0.05) is 74.0 Å². The maximum absolute atomic E-state index is 13.5. The van der Waals surface area contributed by atoms with E-state index in [1.54, 1.807) is 18.2 Å². The van der Waals surface area contributed by atoms with E-state index in [2.05, 4.69) is 5.32 Å². The van der Waals surface area contributed by atoms with Gasteiger partial charge in [0.1, 0.15) is 11.4 Å². The Bertz CT molecular complexity index is 1090. The van der Waals surface area contributed by atoms with Gasteiger partial charge >= 0.3 is 5.97 Å². The maximum Gasteiger partial charge on any atom is 0.306 e. The summed E-state index contributed by atoms with van der Waals surface area (Å²) in [7, 11) is 0. The quantitative estimate of drug-likeness (QED) is 0.422. The van der Waals surface area contributed by atoms with E-state index in [1.165, 1.54) is 12.1 Å². The predicted octanol–water partition coefficient (Wildman–Crippen LogP) is 5.51. The zero-order valence-corrected chi connectivity index (χ0v) is 20.0. The summed E-state index contributed by atoms with van der Waals surface area (Å²) in [6.07, 6.45) is 8.02. The molecule has 5 nitrogen and oxygen atoms in total. The molecular formula is C29H32FNO4. The van der Waals surface area contributed by atoms with Crippen LogP contribution in [0.1, 0.15) is 56.6 Å². The molecule has 0 fully saturated rings. The van der Waals surface area contributed by atoms with Gasteiger partial charge in [-0.25, -0.2) is 4.39 Å². The average molecular weight is 478 g/mol. The number of halogens is 1. The van der Waals surface area contributed by atoms with E-state index < -0.39 is 17.4 Å². The molecule has 0 radical (unpaired) electrons. The van der Waals surface area contributed by atoms with Crippen molar-refractivity contribution in [3.63, 3.8) is 0 Å². The summed E-state index contributed by atoms with van der Waals surface area (Å²) < 4.78 is 13.2. The van der Waals surface area contributed by atoms with Crippen LogP contribution in [0.2, 0.25) is 0 Å². The van der Waals surface area contributed by atoms with Gasteiger partial charge in [-0.05, 0) is 48.1 Å². The Morgan fingerprint density at radius 3 is 2.40 bits per heavy atom. The summed E-state index contributed by atoms with van der Waals surface area (Å²) in [4.78, 5) is 38.1. The molecule has 0 aliphatic heterocycles. The topological polar surface area (TPSA) is 83.5 Å². The zero-order valence-electron chi connectivity index (χ0n) is 20.0. The normalized spacial score (nSPS) is 17.9. The second kappa shape index (κ2) is 12.2. The van der Waals surface area contributed by atoms with E-state index in [0.717, 1.165) is 23.1 Å². The number of benzene rings is 2. The molecule has 1 aliphatic carbocycles. The number of hydrogen-bond donors (Lipinski definition) is 2. The molecule has 3 rings (SSSR count). The molecule has 0 bridgehead atoms. The smallest absolute Gasteiger partial charge is 0.306 e. The van der Waals surface area contributed by atoms with E-state index in [4.69, 9.17) is 0 Å². The Labute approximate surface area is 205 Å². The highest BCUT2D eigenvalue weighted by Crippen LogP contribution is 2.30. The summed E-state index contributed by atoms with van der Waals surface area (Å²) >= 11 is 0. The number of carbonyl (C=O) groups is 3. The lowest BCUT2D eigenvalue weighted by Crippen LogP contribution is -2.54. The second-order valence-corrected chi connectivity index (χ2v) is 9.01. The van der Waals surface area contributed by atoms with Gasteiger partial charge in [0.05, 0.1) is 5.92 Å². The van der Waals surface area contributed by atoms with E-state index in [-0.39, 0.29) is 36.8 Å². The van der Waals surface area contributed by atoms with Crippen molar-refractivity contribution in [1.29, 1.82) is 0 Å². The molecule has 0 heterocycles. The molecule has 0 saturated carbocycles. The van der Waals surface area contributed by atoms with Crippen molar-refractivity contribution in [2.45, 2.75) is 57.4 Å². The lowest BCUT2D eigenvalue weighted by Gasteiger charge is -2.33. The number of nitrogens with one attached hydrogen (secondary N) is 1. The number of rotatable bonds is 12. The Morgan fingerprint density at radius 1 is 1.09 bits per heavy atom. The number of allylic oxidation sites excluding steroid dienone is 2. The van der Waals surface area contributed by atoms with Crippen LogP contribution >= 0.6 is 0 Å². The Morgan fingerprint density at radius 2 is 1.80 bits per heavy atom.